The molecule has 1 aromatic heterocycles. The molecule has 4 rings (SSSR count). The first-order chi connectivity index (χ1) is 20.3. The Balaban J connectivity index is 1.63. The van der Waals surface area contributed by atoms with Crippen molar-refractivity contribution in [2.75, 3.05) is 27.8 Å². The van der Waals surface area contributed by atoms with Crippen LogP contribution in [0.5, 0.6) is 28.7 Å². The first-order valence-electron chi connectivity index (χ1n) is 14.0. The van der Waals surface area contributed by atoms with E-state index in [4.69, 9.17) is 18.9 Å². The van der Waals surface area contributed by atoms with Gasteiger partial charge in [0.2, 0.25) is 5.75 Å². The average Bonchev–Trinajstić information content (AvgIpc) is 3.49. The molecule has 42 heavy (non-hydrogen) atoms. The summed E-state index contributed by atoms with van der Waals surface area (Å²) in [6.45, 7) is -1.18. The molecule has 11 heteroatoms. The molecule has 1 aliphatic rings. The van der Waals surface area contributed by atoms with Gasteiger partial charge in [0.1, 0.15) is 6.79 Å². The number of benzene rings is 2. The van der Waals surface area contributed by atoms with Gasteiger partial charge in [-0.25, -0.2) is 0 Å². The summed E-state index contributed by atoms with van der Waals surface area (Å²) >= 11 is 0. The van der Waals surface area contributed by atoms with Gasteiger partial charge in [0.15, 0.2) is 29.8 Å². The molecule has 2 aromatic carbocycles. The largest absolute Gasteiger partial charge is 0.504 e. The fraction of sp³-hybridized carbons (Fsp3) is 0.484. The third-order valence-corrected chi connectivity index (χ3v) is 8.25. The van der Waals surface area contributed by atoms with Gasteiger partial charge < -0.3 is 54.6 Å². The molecule has 0 amide bonds. The highest BCUT2D eigenvalue weighted by Crippen LogP contribution is 2.44. The Morgan fingerprint density at radius 1 is 0.905 bits per heavy atom. The summed E-state index contributed by atoms with van der Waals surface area (Å²) in [6.07, 6.45) is 1.59. The number of aryl methyl sites for hydroxylation is 1. The van der Waals surface area contributed by atoms with Crippen molar-refractivity contribution in [3.05, 3.63) is 65.5 Å². The van der Waals surface area contributed by atoms with E-state index in [2.05, 4.69) is 4.98 Å². The Kier molecular flexibility index (Phi) is 10.9. The SMILES string of the molecule is COc1cc(CCC(OCO)C2C(Cc3ccc[nH]3)CC(O)C(Cc3cc(OC)c(O)c(OCO)c3)C2O)ccc1O. The zero-order chi connectivity index (χ0) is 30.2. The number of nitrogens with one attached hydrogen (secondary N) is 1. The number of ether oxygens (including phenoxy) is 4. The summed E-state index contributed by atoms with van der Waals surface area (Å²) in [5.41, 5.74) is 2.49. The molecule has 230 valence electrons. The minimum absolute atomic E-state index is 0.0265. The van der Waals surface area contributed by atoms with Gasteiger partial charge in [-0.15, -0.1) is 0 Å². The molecule has 1 fully saturated rings. The molecule has 0 saturated heterocycles. The van der Waals surface area contributed by atoms with E-state index < -0.39 is 43.7 Å². The second-order valence-electron chi connectivity index (χ2n) is 10.7. The minimum atomic E-state index is -1.01. The first-order valence-corrected chi connectivity index (χ1v) is 14.0. The standard InChI is InChI=1S/C31H41NO10/c1-39-26-11-18(5-7-23(26)35)6-8-25(41-16-33)29-20(14-21-4-3-9-32-21)15-24(36)22(30(29)37)10-19-12-27(40-2)31(38)28(13-19)42-17-34/h3-5,7,9,11-13,20,22,24-25,29-30,32-38H,6,8,10,14-17H2,1-2H3. The number of methoxy groups -OCH3 is 2. The zero-order valence-corrected chi connectivity index (χ0v) is 23.8. The highest BCUT2D eigenvalue weighted by molar-refractivity contribution is 5.53. The zero-order valence-electron chi connectivity index (χ0n) is 23.8. The van der Waals surface area contributed by atoms with E-state index in [1.54, 1.807) is 30.3 Å². The van der Waals surface area contributed by atoms with E-state index in [9.17, 15) is 30.6 Å². The predicted molar refractivity (Wildman–Crippen MR) is 153 cm³/mol. The Hall–Kier alpha value is -3.48. The van der Waals surface area contributed by atoms with E-state index in [0.29, 0.717) is 37.0 Å². The normalized spacial score (nSPS) is 23.0. The lowest BCUT2D eigenvalue weighted by atomic mass is 9.65. The number of aromatic amines is 1. The van der Waals surface area contributed by atoms with Gasteiger partial charge >= 0.3 is 0 Å². The number of aliphatic hydroxyl groups excluding tert-OH is 4. The third-order valence-electron chi connectivity index (χ3n) is 8.25. The molecule has 0 bridgehead atoms. The number of hydrogen-bond acceptors (Lipinski definition) is 10. The number of rotatable bonds is 14. The highest BCUT2D eigenvalue weighted by atomic mass is 16.6. The minimum Gasteiger partial charge on any atom is -0.504 e. The summed E-state index contributed by atoms with van der Waals surface area (Å²) in [5, 5.41) is 62.6. The maximum Gasteiger partial charge on any atom is 0.200 e. The Labute approximate surface area is 244 Å². The van der Waals surface area contributed by atoms with Crippen molar-refractivity contribution in [3.63, 3.8) is 0 Å². The van der Waals surface area contributed by atoms with Crippen molar-refractivity contribution in [1.82, 2.24) is 4.98 Å². The van der Waals surface area contributed by atoms with Crippen molar-refractivity contribution in [2.45, 2.75) is 50.4 Å². The van der Waals surface area contributed by atoms with Crippen LogP contribution in [0.3, 0.4) is 0 Å². The van der Waals surface area contributed by atoms with Crippen LogP contribution < -0.4 is 14.2 Å². The third kappa shape index (κ3) is 7.29. The number of aromatic nitrogens is 1. The fourth-order valence-electron chi connectivity index (χ4n) is 6.24. The van der Waals surface area contributed by atoms with Gasteiger partial charge in [0.25, 0.3) is 0 Å². The number of H-pyrrole nitrogens is 1. The van der Waals surface area contributed by atoms with Crippen LogP contribution in [0.1, 0.15) is 29.7 Å². The molecule has 6 atom stereocenters. The molecule has 0 radical (unpaired) electrons. The van der Waals surface area contributed by atoms with Gasteiger partial charge in [-0.3, -0.25) is 0 Å². The molecule has 3 aromatic rings. The van der Waals surface area contributed by atoms with E-state index >= 15 is 0 Å². The van der Waals surface area contributed by atoms with E-state index in [1.165, 1.54) is 14.2 Å². The predicted octanol–water partition coefficient (Wildman–Crippen LogP) is 2.50. The van der Waals surface area contributed by atoms with Gasteiger partial charge in [-0.1, -0.05) is 6.07 Å². The lowest BCUT2D eigenvalue weighted by molar-refractivity contribution is -0.156. The second kappa shape index (κ2) is 14.6. The highest BCUT2D eigenvalue weighted by Gasteiger charge is 2.47. The smallest absolute Gasteiger partial charge is 0.200 e. The number of aromatic hydroxyl groups is 2. The van der Waals surface area contributed by atoms with Crippen LogP contribution in [0.2, 0.25) is 0 Å². The number of phenolic OH excluding ortho intramolecular Hbond substituents is 2. The van der Waals surface area contributed by atoms with Crippen LogP contribution in [-0.4, -0.2) is 81.7 Å². The fourth-order valence-corrected chi connectivity index (χ4v) is 6.24. The van der Waals surface area contributed by atoms with Crippen molar-refractivity contribution in [2.24, 2.45) is 17.8 Å². The summed E-state index contributed by atoms with van der Waals surface area (Å²) < 4.78 is 21.5. The Morgan fingerprint density at radius 2 is 1.64 bits per heavy atom. The Morgan fingerprint density at radius 3 is 2.31 bits per heavy atom. The maximum absolute atomic E-state index is 11.9. The van der Waals surface area contributed by atoms with Crippen LogP contribution in [-0.2, 0) is 24.0 Å². The topological polar surface area (TPSA) is 174 Å². The van der Waals surface area contributed by atoms with E-state index in [0.717, 1.165) is 11.3 Å². The van der Waals surface area contributed by atoms with Crippen molar-refractivity contribution in [3.8, 4) is 28.7 Å². The molecule has 6 unspecified atom stereocenters. The summed E-state index contributed by atoms with van der Waals surface area (Å²) in [5.74, 6) is -0.921. The van der Waals surface area contributed by atoms with Crippen LogP contribution in [0.4, 0.5) is 0 Å². The van der Waals surface area contributed by atoms with Crippen LogP contribution in [0.25, 0.3) is 0 Å². The maximum atomic E-state index is 11.9. The van der Waals surface area contributed by atoms with Gasteiger partial charge in [0, 0.05) is 23.7 Å². The molecular formula is C31H41NO10. The molecule has 11 nitrogen and oxygen atoms in total. The van der Waals surface area contributed by atoms with E-state index in [-0.39, 0.29) is 35.3 Å². The quantitative estimate of drug-likeness (QED) is 0.139. The summed E-state index contributed by atoms with van der Waals surface area (Å²) in [7, 11) is 2.88. The van der Waals surface area contributed by atoms with Crippen molar-refractivity contribution >= 4 is 0 Å². The lowest BCUT2D eigenvalue weighted by Gasteiger charge is -2.46. The molecule has 0 aliphatic heterocycles. The van der Waals surface area contributed by atoms with Crippen molar-refractivity contribution < 1.29 is 49.6 Å². The van der Waals surface area contributed by atoms with Gasteiger partial charge in [-0.05, 0) is 85.5 Å². The number of hydrogen-bond donors (Lipinski definition) is 7. The molecular weight excluding hydrogens is 546 g/mol. The van der Waals surface area contributed by atoms with Crippen LogP contribution in [0.15, 0.2) is 48.7 Å². The second-order valence-corrected chi connectivity index (χ2v) is 10.7. The lowest BCUT2D eigenvalue weighted by Crippen LogP contribution is -2.53. The molecule has 1 heterocycles. The monoisotopic (exact) mass is 587 g/mol. The molecule has 1 aliphatic carbocycles. The summed E-state index contributed by atoms with van der Waals surface area (Å²) in [4.78, 5) is 3.21. The van der Waals surface area contributed by atoms with Crippen LogP contribution >= 0.6 is 0 Å². The molecule has 1 saturated carbocycles. The van der Waals surface area contributed by atoms with Crippen molar-refractivity contribution in [1.29, 1.82) is 0 Å². The number of aliphatic hydroxyl groups is 4. The van der Waals surface area contributed by atoms with E-state index in [1.807, 2.05) is 18.3 Å². The van der Waals surface area contributed by atoms with Gasteiger partial charge in [0.05, 0.1) is 32.5 Å². The summed E-state index contributed by atoms with van der Waals surface area (Å²) in [6, 6.07) is 12.1. The van der Waals surface area contributed by atoms with Crippen LogP contribution in [0, 0.1) is 17.8 Å². The van der Waals surface area contributed by atoms with Gasteiger partial charge in [-0.2, -0.15) is 0 Å². The molecule has 7 N–H and O–H groups in total. The molecule has 0 spiro atoms. The first kappa shape index (κ1) is 31.5. The average molecular weight is 588 g/mol. The Bertz CT molecular complexity index is 1270. The number of phenols is 2.